The van der Waals surface area contributed by atoms with E-state index < -0.39 is 35.4 Å². The van der Waals surface area contributed by atoms with Gasteiger partial charge in [0.15, 0.2) is 23.3 Å². The van der Waals surface area contributed by atoms with E-state index in [1.165, 1.54) is 6.08 Å². The van der Waals surface area contributed by atoms with Crippen LogP contribution in [-0.2, 0) is 11.3 Å². The summed E-state index contributed by atoms with van der Waals surface area (Å²) in [6.07, 6.45) is 2.31. The van der Waals surface area contributed by atoms with Crippen molar-refractivity contribution >= 4 is 17.3 Å². The van der Waals surface area contributed by atoms with E-state index in [-0.39, 0.29) is 11.8 Å². The maximum atomic E-state index is 13.3. The number of hydrogen-bond donors (Lipinski definition) is 0. The predicted octanol–water partition coefficient (Wildman–Crippen LogP) is 4.05. The molecule has 7 heteroatoms. The number of nitrogens with zero attached hydrogens (tertiary/aromatic N) is 1. The third kappa shape index (κ3) is 3.82. The third-order valence-electron chi connectivity index (χ3n) is 2.05. The van der Waals surface area contributed by atoms with E-state index in [0.29, 0.717) is 0 Å². The topological polar surface area (TPSA) is 21.6 Å². The van der Waals surface area contributed by atoms with Gasteiger partial charge in [0.05, 0.1) is 17.4 Å². The van der Waals surface area contributed by atoms with Crippen molar-refractivity contribution < 1.29 is 22.3 Å². The van der Waals surface area contributed by atoms with E-state index in [2.05, 4.69) is 11.6 Å². The van der Waals surface area contributed by atoms with Crippen LogP contribution in [0.5, 0.6) is 0 Å². The van der Waals surface area contributed by atoms with E-state index in [9.17, 15) is 17.6 Å². The summed E-state index contributed by atoms with van der Waals surface area (Å²) in [5, 5.41) is 0. The Morgan fingerprint density at radius 1 is 1.26 bits per heavy atom. The molecule has 0 saturated heterocycles. The first-order valence-electron chi connectivity index (χ1n) is 4.90. The second kappa shape index (κ2) is 6.94. The lowest BCUT2D eigenvalue weighted by Gasteiger charge is -2.09. The Hall–Kier alpha value is -1.82. The van der Waals surface area contributed by atoms with Gasteiger partial charge in [0.25, 0.3) is 0 Å². The first kappa shape index (κ1) is 15.2. The van der Waals surface area contributed by atoms with Crippen molar-refractivity contribution in [2.45, 2.75) is 6.61 Å². The van der Waals surface area contributed by atoms with Crippen LogP contribution >= 0.6 is 11.6 Å². The molecule has 0 N–H and O–H groups in total. The van der Waals surface area contributed by atoms with Crippen molar-refractivity contribution in [3.05, 3.63) is 59.5 Å². The van der Waals surface area contributed by atoms with Crippen LogP contribution in [0.25, 0.3) is 0 Å². The summed E-state index contributed by atoms with van der Waals surface area (Å²) in [5.41, 5.74) is 0.0655. The molecule has 1 aromatic rings. The predicted molar refractivity (Wildman–Crippen MR) is 63.7 cm³/mol. The minimum absolute atomic E-state index is 0.0281. The molecule has 19 heavy (non-hydrogen) atoms. The van der Waals surface area contributed by atoms with Crippen molar-refractivity contribution in [1.82, 2.24) is 0 Å². The minimum atomic E-state index is -1.51. The van der Waals surface area contributed by atoms with Crippen LogP contribution in [0.3, 0.4) is 0 Å². The van der Waals surface area contributed by atoms with Gasteiger partial charge in [0.2, 0.25) is 0 Å². The normalized spacial score (nSPS) is 11.9. The van der Waals surface area contributed by atoms with Gasteiger partial charge >= 0.3 is 0 Å². The fourth-order valence-corrected chi connectivity index (χ4v) is 1.21. The van der Waals surface area contributed by atoms with Gasteiger partial charge in [-0.2, -0.15) is 0 Å². The zero-order chi connectivity index (χ0) is 14.4. The molecule has 0 bridgehead atoms. The van der Waals surface area contributed by atoms with E-state index >= 15 is 0 Å². The summed E-state index contributed by atoms with van der Waals surface area (Å²) >= 11 is 5.17. The average Bonchev–Trinajstić information content (AvgIpc) is 2.40. The molecule has 1 rings (SSSR count). The standard InChI is InChI=1S/C12H8ClF4NO/c1-2-7(4-18-6-13)19-5-8-11(16)9(14)3-10(15)12(8)17/h2-4,6H,1,5H2/b7-4+,18-6?. The molecule has 0 aliphatic carbocycles. The van der Waals surface area contributed by atoms with Gasteiger partial charge in [-0.15, -0.1) is 0 Å². The van der Waals surface area contributed by atoms with Crippen LogP contribution in [0.15, 0.2) is 35.7 Å². The lowest BCUT2D eigenvalue weighted by atomic mass is 10.2. The average molecular weight is 294 g/mol. The maximum Gasteiger partial charge on any atom is 0.168 e. The molecule has 0 aliphatic rings. The van der Waals surface area contributed by atoms with Gasteiger partial charge in [-0.05, 0) is 6.08 Å². The van der Waals surface area contributed by atoms with Crippen molar-refractivity contribution in [1.29, 1.82) is 0 Å². The first-order valence-corrected chi connectivity index (χ1v) is 5.34. The molecule has 2 nitrogen and oxygen atoms in total. The SMILES string of the molecule is C=C/C(=C\N=CCl)OCc1c(F)c(F)cc(F)c1F. The van der Waals surface area contributed by atoms with Crippen molar-refractivity contribution in [3.8, 4) is 0 Å². The van der Waals surface area contributed by atoms with Gasteiger partial charge in [-0.1, -0.05) is 18.2 Å². The lowest BCUT2D eigenvalue weighted by Crippen LogP contribution is -2.04. The van der Waals surface area contributed by atoms with Crippen LogP contribution in [0.2, 0.25) is 0 Å². The summed E-state index contributed by atoms with van der Waals surface area (Å²) in [7, 11) is 0. The molecule has 0 heterocycles. The van der Waals surface area contributed by atoms with E-state index in [1.807, 2.05) is 0 Å². The van der Waals surface area contributed by atoms with Gasteiger partial charge in [0, 0.05) is 6.07 Å². The Labute approximate surface area is 111 Å². The molecular weight excluding hydrogens is 286 g/mol. The van der Waals surface area contributed by atoms with Gasteiger partial charge < -0.3 is 4.74 Å². The van der Waals surface area contributed by atoms with Gasteiger partial charge in [0.1, 0.15) is 12.4 Å². The first-order chi connectivity index (χ1) is 9.01. The molecule has 0 unspecified atom stereocenters. The third-order valence-corrected chi connectivity index (χ3v) is 2.16. The highest BCUT2D eigenvalue weighted by Gasteiger charge is 2.19. The number of hydrogen-bond acceptors (Lipinski definition) is 2. The maximum absolute atomic E-state index is 13.3. The summed E-state index contributed by atoms with van der Waals surface area (Å²) < 4.78 is 57.3. The van der Waals surface area contributed by atoms with Crippen molar-refractivity contribution in [2.75, 3.05) is 0 Å². The number of ether oxygens (including phenoxy) is 1. The zero-order valence-corrected chi connectivity index (χ0v) is 10.2. The Morgan fingerprint density at radius 2 is 1.84 bits per heavy atom. The Morgan fingerprint density at radius 3 is 2.32 bits per heavy atom. The highest BCUT2D eigenvalue weighted by molar-refractivity contribution is 6.56. The molecule has 0 amide bonds. The number of benzene rings is 1. The van der Waals surface area contributed by atoms with E-state index in [1.54, 1.807) is 0 Å². The minimum Gasteiger partial charge on any atom is -0.487 e. The smallest absolute Gasteiger partial charge is 0.168 e. The monoisotopic (exact) mass is 293 g/mol. The fraction of sp³-hybridized carbons (Fsp3) is 0.0833. The van der Waals surface area contributed by atoms with E-state index in [0.717, 1.165) is 11.9 Å². The van der Waals surface area contributed by atoms with Crippen LogP contribution in [0.1, 0.15) is 5.56 Å². The second-order valence-electron chi connectivity index (χ2n) is 3.22. The molecule has 0 fully saturated rings. The van der Waals surface area contributed by atoms with Crippen LogP contribution in [0.4, 0.5) is 17.6 Å². The number of allylic oxidation sites excluding steroid dienone is 1. The molecule has 0 saturated carbocycles. The second-order valence-corrected chi connectivity index (χ2v) is 3.41. The van der Waals surface area contributed by atoms with Gasteiger partial charge in [-0.25, -0.2) is 22.6 Å². The lowest BCUT2D eigenvalue weighted by molar-refractivity contribution is 0.199. The summed E-state index contributed by atoms with van der Waals surface area (Å²) in [6.45, 7) is 2.64. The molecule has 1 aromatic carbocycles. The Kier molecular flexibility index (Phi) is 5.57. The highest BCUT2D eigenvalue weighted by atomic mass is 35.5. The molecule has 0 aromatic heterocycles. The Bertz CT molecular complexity index is 517. The fourth-order valence-electron chi connectivity index (χ4n) is 1.16. The van der Waals surface area contributed by atoms with Crippen LogP contribution in [-0.4, -0.2) is 5.67 Å². The highest BCUT2D eigenvalue weighted by Crippen LogP contribution is 2.21. The molecular formula is C12H8ClF4NO. The van der Waals surface area contributed by atoms with Crippen LogP contribution in [0, 0.1) is 23.3 Å². The number of halogens is 5. The zero-order valence-electron chi connectivity index (χ0n) is 9.47. The van der Waals surface area contributed by atoms with Crippen molar-refractivity contribution in [2.24, 2.45) is 4.99 Å². The van der Waals surface area contributed by atoms with Crippen LogP contribution < -0.4 is 0 Å². The molecule has 0 aliphatic heterocycles. The molecule has 0 spiro atoms. The Balaban J connectivity index is 2.97. The van der Waals surface area contributed by atoms with E-state index in [4.69, 9.17) is 16.3 Å². The molecule has 102 valence electrons. The number of rotatable bonds is 5. The summed E-state index contributed by atoms with van der Waals surface area (Å²) in [4.78, 5) is 3.48. The quantitative estimate of drug-likeness (QED) is 0.264. The summed E-state index contributed by atoms with van der Waals surface area (Å²) in [6, 6.07) is 0.121. The van der Waals surface area contributed by atoms with Crippen molar-refractivity contribution in [3.63, 3.8) is 0 Å². The number of aliphatic imine (C=N–C) groups is 1. The summed E-state index contributed by atoms with van der Waals surface area (Å²) in [5.74, 6) is -5.99. The largest absolute Gasteiger partial charge is 0.487 e. The van der Waals surface area contributed by atoms with Gasteiger partial charge in [-0.3, -0.25) is 0 Å². The molecule has 0 radical (unpaired) electrons. The molecule has 0 atom stereocenters.